The Hall–Kier alpha value is -1.43. The SMILES string of the molecule is COC[C@H](O)CN(C)[C@H]1CCCN(c2ccccc2)C1=O. The van der Waals surface area contributed by atoms with Crippen LogP contribution >= 0.6 is 0 Å². The van der Waals surface area contributed by atoms with Crippen molar-refractivity contribution in [1.82, 2.24) is 4.90 Å². The molecule has 5 heteroatoms. The molecule has 1 aromatic rings. The Morgan fingerprint density at radius 3 is 2.81 bits per heavy atom. The van der Waals surface area contributed by atoms with Crippen LogP contribution < -0.4 is 4.90 Å². The zero-order chi connectivity index (χ0) is 15.2. The molecule has 1 aliphatic rings. The van der Waals surface area contributed by atoms with E-state index in [4.69, 9.17) is 4.74 Å². The molecule has 0 spiro atoms. The van der Waals surface area contributed by atoms with Crippen LogP contribution in [0.2, 0.25) is 0 Å². The average molecular weight is 292 g/mol. The lowest BCUT2D eigenvalue weighted by atomic mass is 10.0. The number of carbonyl (C=O) groups is 1. The third kappa shape index (κ3) is 4.03. The molecule has 1 amide bonds. The topological polar surface area (TPSA) is 53.0 Å². The fourth-order valence-electron chi connectivity index (χ4n) is 2.83. The summed E-state index contributed by atoms with van der Waals surface area (Å²) in [6.07, 6.45) is 1.23. The third-order valence-electron chi connectivity index (χ3n) is 3.87. The maximum atomic E-state index is 12.7. The van der Waals surface area contributed by atoms with E-state index in [-0.39, 0.29) is 18.6 Å². The second-order valence-electron chi connectivity index (χ2n) is 5.53. The van der Waals surface area contributed by atoms with Crippen LogP contribution in [0.25, 0.3) is 0 Å². The molecule has 0 bridgehead atoms. The van der Waals surface area contributed by atoms with Crippen molar-refractivity contribution in [1.29, 1.82) is 0 Å². The molecule has 1 saturated heterocycles. The van der Waals surface area contributed by atoms with E-state index in [0.29, 0.717) is 6.54 Å². The second kappa shape index (κ2) is 7.54. The van der Waals surface area contributed by atoms with E-state index in [1.54, 1.807) is 7.11 Å². The van der Waals surface area contributed by atoms with E-state index in [1.165, 1.54) is 0 Å². The van der Waals surface area contributed by atoms with E-state index in [1.807, 2.05) is 47.2 Å². The van der Waals surface area contributed by atoms with Crippen molar-refractivity contribution < 1.29 is 14.6 Å². The highest BCUT2D eigenvalue weighted by atomic mass is 16.5. The number of rotatable bonds is 6. The van der Waals surface area contributed by atoms with Crippen LogP contribution in [0.4, 0.5) is 5.69 Å². The van der Waals surface area contributed by atoms with Crippen molar-refractivity contribution in [2.75, 3.05) is 38.8 Å². The van der Waals surface area contributed by atoms with Crippen molar-refractivity contribution in [2.45, 2.75) is 25.0 Å². The Morgan fingerprint density at radius 2 is 2.14 bits per heavy atom. The maximum absolute atomic E-state index is 12.7. The number of para-hydroxylation sites is 1. The van der Waals surface area contributed by atoms with Gasteiger partial charge in [0.05, 0.1) is 18.8 Å². The summed E-state index contributed by atoms with van der Waals surface area (Å²) in [6, 6.07) is 9.57. The number of anilines is 1. The molecule has 0 unspecified atom stereocenters. The van der Waals surface area contributed by atoms with E-state index >= 15 is 0 Å². The molecular weight excluding hydrogens is 268 g/mol. The first-order valence-electron chi connectivity index (χ1n) is 7.37. The Morgan fingerprint density at radius 1 is 1.43 bits per heavy atom. The smallest absolute Gasteiger partial charge is 0.244 e. The lowest BCUT2D eigenvalue weighted by Crippen LogP contribution is -2.53. The first kappa shape index (κ1) is 15.9. The minimum absolute atomic E-state index is 0.111. The fraction of sp³-hybridized carbons (Fsp3) is 0.562. The Labute approximate surface area is 126 Å². The monoisotopic (exact) mass is 292 g/mol. The number of likely N-dealkylation sites (N-methyl/N-ethyl adjacent to an activating group) is 1. The predicted octanol–water partition coefficient (Wildman–Crippen LogP) is 1.12. The summed E-state index contributed by atoms with van der Waals surface area (Å²) >= 11 is 0. The van der Waals surface area contributed by atoms with Crippen LogP contribution in [0.5, 0.6) is 0 Å². The van der Waals surface area contributed by atoms with Gasteiger partial charge < -0.3 is 14.7 Å². The van der Waals surface area contributed by atoms with Crippen LogP contribution in [0, 0.1) is 0 Å². The predicted molar refractivity (Wildman–Crippen MR) is 82.3 cm³/mol. The minimum Gasteiger partial charge on any atom is -0.389 e. The van der Waals surface area contributed by atoms with Gasteiger partial charge in [-0.05, 0) is 32.0 Å². The number of piperidine rings is 1. The molecule has 0 aromatic heterocycles. The van der Waals surface area contributed by atoms with Gasteiger partial charge in [-0.15, -0.1) is 0 Å². The summed E-state index contributed by atoms with van der Waals surface area (Å²) in [6.45, 7) is 1.48. The van der Waals surface area contributed by atoms with Gasteiger partial charge in [0.2, 0.25) is 5.91 Å². The molecule has 2 atom stereocenters. The highest BCUT2D eigenvalue weighted by molar-refractivity contribution is 5.97. The molecule has 5 nitrogen and oxygen atoms in total. The molecule has 1 aromatic carbocycles. The van der Waals surface area contributed by atoms with Gasteiger partial charge in [-0.1, -0.05) is 18.2 Å². The summed E-state index contributed by atoms with van der Waals surface area (Å²) in [5.74, 6) is 0.111. The van der Waals surface area contributed by atoms with Gasteiger partial charge in [0.15, 0.2) is 0 Å². The highest BCUT2D eigenvalue weighted by Crippen LogP contribution is 2.23. The largest absolute Gasteiger partial charge is 0.389 e. The Kier molecular flexibility index (Phi) is 5.73. The molecule has 1 N–H and O–H groups in total. The van der Waals surface area contributed by atoms with Gasteiger partial charge in [-0.2, -0.15) is 0 Å². The highest BCUT2D eigenvalue weighted by Gasteiger charge is 2.32. The van der Waals surface area contributed by atoms with Crippen molar-refractivity contribution in [3.05, 3.63) is 30.3 Å². The van der Waals surface area contributed by atoms with Crippen LogP contribution in [0.1, 0.15) is 12.8 Å². The molecule has 116 valence electrons. The number of amides is 1. The normalized spacial score (nSPS) is 20.9. The quantitative estimate of drug-likeness (QED) is 0.854. The number of ether oxygens (including phenoxy) is 1. The fourth-order valence-corrected chi connectivity index (χ4v) is 2.83. The molecule has 0 radical (unpaired) electrons. The summed E-state index contributed by atoms with van der Waals surface area (Å²) in [5.41, 5.74) is 0.943. The van der Waals surface area contributed by atoms with Gasteiger partial charge in [0.25, 0.3) is 0 Å². The lowest BCUT2D eigenvalue weighted by Gasteiger charge is -2.37. The first-order valence-corrected chi connectivity index (χ1v) is 7.37. The van der Waals surface area contributed by atoms with Gasteiger partial charge >= 0.3 is 0 Å². The molecule has 1 heterocycles. The number of benzene rings is 1. The molecule has 1 fully saturated rings. The van der Waals surface area contributed by atoms with E-state index in [0.717, 1.165) is 25.1 Å². The standard InChI is InChI=1S/C16H24N2O3/c1-17(11-14(19)12-21-2)15-9-6-10-18(16(15)20)13-7-4-3-5-8-13/h3-5,7-8,14-15,19H,6,9-12H2,1-2H3/t14-,15+/m1/s1. The maximum Gasteiger partial charge on any atom is 0.244 e. The molecule has 0 aliphatic carbocycles. The number of hydrogen-bond donors (Lipinski definition) is 1. The zero-order valence-corrected chi connectivity index (χ0v) is 12.7. The van der Waals surface area contributed by atoms with E-state index in [9.17, 15) is 9.90 Å². The molecular formula is C16H24N2O3. The van der Waals surface area contributed by atoms with Crippen molar-refractivity contribution in [3.8, 4) is 0 Å². The summed E-state index contributed by atoms with van der Waals surface area (Å²) in [5, 5.41) is 9.83. The van der Waals surface area contributed by atoms with Crippen molar-refractivity contribution in [3.63, 3.8) is 0 Å². The summed E-state index contributed by atoms with van der Waals surface area (Å²) in [7, 11) is 3.45. The van der Waals surface area contributed by atoms with Gasteiger partial charge in [-0.3, -0.25) is 9.69 Å². The number of aliphatic hydroxyl groups excluding tert-OH is 1. The minimum atomic E-state index is -0.570. The van der Waals surface area contributed by atoms with Gasteiger partial charge in [0.1, 0.15) is 0 Å². The zero-order valence-electron chi connectivity index (χ0n) is 12.7. The van der Waals surface area contributed by atoms with Gasteiger partial charge in [-0.25, -0.2) is 0 Å². The Balaban J connectivity index is 2.02. The van der Waals surface area contributed by atoms with Crippen LogP contribution in [-0.2, 0) is 9.53 Å². The average Bonchev–Trinajstić information content (AvgIpc) is 2.48. The van der Waals surface area contributed by atoms with Crippen molar-refractivity contribution in [2.24, 2.45) is 0 Å². The van der Waals surface area contributed by atoms with Crippen LogP contribution in [0.3, 0.4) is 0 Å². The number of nitrogens with zero attached hydrogens (tertiary/aromatic N) is 2. The number of hydrogen-bond acceptors (Lipinski definition) is 4. The number of methoxy groups -OCH3 is 1. The summed E-state index contributed by atoms with van der Waals surface area (Å²) in [4.78, 5) is 16.5. The Bertz CT molecular complexity index is 452. The molecule has 1 aliphatic heterocycles. The first-order chi connectivity index (χ1) is 10.1. The number of aliphatic hydroxyl groups is 1. The third-order valence-corrected chi connectivity index (χ3v) is 3.87. The van der Waals surface area contributed by atoms with Crippen molar-refractivity contribution >= 4 is 11.6 Å². The molecule has 21 heavy (non-hydrogen) atoms. The van der Waals surface area contributed by atoms with E-state index < -0.39 is 6.10 Å². The number of carbonyl (C=O) groups excluding carboxylic acids is 1. The van der Waals surface area contributed by atoms with Crippen LogP contribution in [0.15, 0.2) is 30.3 Å². The molecule has 2 rings (SSSR count). The lowest BCUT2D eigenvalue weighted by molar-refractivity contribution is -0.125. The molecule has 0 saturated carbocycles. The van der Waals surface area contributed by atoms with Gasteiger partial charge in [0, 0.05) is 25.9 Å². The van der Waals surface area contributed by atoms with E-state index in [2.05, 4.69) is 0 Å². The van der Waals surface area contributed by atoms with Crippen LogP contribution in [-0.4, -0.2) is 61.9 Å². The second-order valence-corrected chi connectivity index (χ2v) is 5.53. The summed E-state index contributed by atoms with van der Waals surface area (Å²) < 4.78 is 4.94.